The van der Waals surface area contributed by atoms with Crippen molar-refractivity contribution in [3.63, 3.8) is 0 Å². The van der Waals surface area contributed by atoms with Crippen LogP contribution in [0.25, 0.3) is 22.5 Å². The highest BCUT2D eigenvalue weighted by Gasteiger charge is 2.18. The Morgan fingerprint density at radius 2 is 1.82 bits per heavy atom. The number of aromatic amines is 1. The Labute approximate surface area is 197 Å². The van der Waals surface area contributed by atoms with Gasteiger partial charge in [0.1, 0.15) is 5.82 Å². The molecule has 0 spiro atoms. The summed E-state index contributed by atoms with van der Waals surface area (Å²) >= 11 is 0. The van der Waals surface area contributed by atoms with Crippen LogP contribution < -0.4 is 5.69 Å². The molecule has 1 N–H and O–H groups in total. The topological polar surface area (TPSA) is 111 Å². The average molecular weight is 460 g/mol. The normalized spacial score (nSPS) is 11.3. The Morgan fingerprint density at radius 3 is 2.50 bits per heavy atom. The van der Waals surface area contributed by atoms with Crippen molar-refractivity contribution >= 4 is 5.91 Å². The fourth-order valence-corrected chi connectivity index (χ4v) is 3.79. The Morgan fingerprint density at radius 1 is 1.06 bits per heavy atom. The SMILES string of the molecule is CCCC(=O)n1nc(CCC(C)C)n(Cc2ccc(-c3cccc(-c4nnn[nH]4)c3)cc2)c1=O. The van der Waals surface area contributed by atoms with E-state index in [-0.39, 0.29) is 11.6 Å². The molecule has 0 aliphatic carbocycles. The Bertz CT molecular complexity index is 1300. The Balaban J connectivity index is 1.59. The molecular formula is C25H29N7O2. The zero-order chi connectivity index (χ0) is 24.1. The minimum absolute atomic E-state index is 0.255. The van der Waals surface area contributed by atoms with Gasteiger partial charge in [0.15, 0.2) is 5.82 Å². The van der Waals surface area contributed by atoms with Crippen LogP contribution in [0.3, 0.4) is 0 Å². The smallest absolute Gasteiger partial charge is 0.274 e. The van der Waals surface area contributed by atoms with Crippen LogP contribution in [0.1, 0.15) is 56.2 Å². The van der Waals surface area contributed by atoms with E-state index in [4.69, 9.17) is 0 Å². The molecule has 0 atom stereocenters. The summed E-state index contributed by atoms with van der Waals surface area (Å²) in [6, 6.07) is 16.0. The largest absolute Gasteiger partial charge is 0.353 e. The number of benzene rings is 2. The third-order valence-corrected chi connectivity index (χ3v) is 5.69. The van der Waals surface area contributed by atoms with Crippen molar-refractivity contribution in [2.75, 3.05) is 0 Å². The van der Waals surface area contributed by atoms with E-state index in [0.29, 0.717) is 43.4 Å². The molecule has 0 aliphatic rings. The Kier molecular flexibility index (Phi) is 7.10. The monoisotopic (exact) mass is 459 g/mol. The third-order valence-electron chi connectivity index (χ3n) is 5.69. The molecule has 4 rings (SSSR count). The zero-order valence-electron chi connectivity index (χ0n) is 19.7. The highest BCUT2D eigenvalue weighted by Crippen LogP contribution is 2.24. The molecule has 4 aromatic rings. The van der Waals surface area contributed by atoms with Crippen molar-refractivity contribution in [3.8, 4) is 22.5 Å². The number of carbonyl (C=O) groups excluding carboxylic acids is 1. The summed E-state index contributed by atoms with van der Waals surface area (Å²) in [6.45, 7) is 6.55. The van der Waals surface area contributed by atoms with Crippen LogP contribution in [0.15, 0.2) is 53.3 Å². The van der Waals surface area contributed by atoms with Gasteiger partial charge in [-0.3, -0.25) is 9.36 Å². The first-order chi connectivity index (χ1) is 16.5. The minimum Gasteiger partial charge on any atom is -0.274 e. The summed E-state index contributed by atoms with van der Waals surface area (Å²) in [5.74, 6) is 1.49. The van der Waals surface area contributed by atoms with E-state index < -0.39 is 0 Å². The number of tetrazole rings is 1. The van der Waals surface area contributed by atoms with E-state index in [0.717, 1.165) is 33.4 Å². The van der Waals surface area contributed by atoms with Crippen molar-refractivity contribution in [2.45, 2.75) is 53.0 Å². The maximum absolute atomic E-state index is 13.0. The van der Waals surface area contributed by atoms with Crippen LogP contribution in [-0.2, 0) is 13.0 Å². The van der Waals surface area contributed by atoms with E-state index in [1.54, 1.807) is 4.57 Å². The molecule has 0 bridgehead atoms. The van der Waals surface area contributed by atoms with Crippen LogP contribution in [-0.4, -0.2) is 40.9 Å². The molecule has 0 saturated carbocycles. The van der Waals surface area contributed by atoms with Crippen LogP contribution in [0, 0.1) is 5.92 Å². The second-order valence-corrected chi connectivity index (χ2v) is 8.80. The van der Waals surface area contributed by atoms with Crippen molar-refractivity contribution in [3.05, 3.63) is 70.4 Å². The fraction of sp³-hybridized carbons (Fsp3) is 0.360. The van der Waals surface area contributed by atoms with E-state index in [2.05, 4.69) is 39.6 Å². The Hall–Kier alpha value is -3.88. The van der Waals surface area contributed by atoms with Crippen LogP contribution in [0.4, 0.5) is 0 Å². The van der Waals surface area contributed by atoms with Gasteiger partial charge in [-0.1, -0.05) is 63.2 Å². The summed E-state index contributed by atoms with van der Waals surface area (Å²) < 4.78 is 2.67. The summed E-state index contributed by atoms with van der Waals surface area (Å²) in [6.07, 6.45) is 2.53. The maximum atomic E-state index is 13.0. The highest BCUT2D eigenvalue weighted by molar-refractivity contribution is 5.77. The number of H-pyrrole nitrogens is 1. The molecule has 0 unspecified atom stereocenters. The van der Waals surface area contributed by atoms with Gasteiger partial charge >= 0.3 is 5.69 Å². The molecule has 2 aromatic carbocycles. The average Bonchev–Trinajstić information content (AvgIpc) is 3.48. The molecule has 176 valence electrons. The number of carbonyl (C=O) groups is 1. The zero-order valence-corrected chi connectivity index (χ0v) is 19.7. The first kappa shape index (κ1) is 23.3. The van der Waals surface area contributed by atoms with Gasteiger partial charge in [-0.25, -0.2) is 9.89 Å². The number of hydrogen-bond donors (Lipinski definition) is 1. The van der Waals surface area contributed by atoms with Gasteiger partial charge in [0.25, 0.3) is 5.91 Å². The van der Waals surface area contributed by atoms with E-state index >= 15 is 0 Å². The number of nitrogens with one attached hydrogen (secondary N) is 1. The van der Waals surface area contributed by atoms with Gasteiger partial charge in [0.05, 0.1) is 6.54 Å². The van der Waals surface area contributed by atoms with Crippen molar-refractivity contribution in [2.24, 2.45) is 5.92 Å². The second kappa shape index (κ2) is 10.4. The van der Waals surface area contributed by atoms with Gasteiger partial charge in [0.2, 0.25) is 0 Å². The lowest BCUT2D eigenvalue weighted by molar-refractivity contribution is 0.0880. The molecule has 9 heteroatoms. The molecule has 0 fully saturated rings. The molecule has 0 aliphatic heterocycles. The van der Waals surface area contributed by atoms with E-state index in [9.17, 15) is 9.59 Å². The lowest BCUT2D eigenvalue weighted by atomic mass is 10.0. The first-order valence-electron chi connectivity index (χ1n) is 11.6. The van der Waals surface area contributed by atoms with E-state index in [1.165, 1.54) is 0 Å². The minimum atomic E-state index is -0.366. The molecule has 9 nitrogen and oxygen atoms in total. The summed E-state index contributed by atoms with van der Waals surface area (Å²) in [5, 5.41) is 18.4. The predicted octanol–water partition coefficient (Wildman–Crippen LogP) is 3.97. The van der Waals surface area contributed by atoms with Gasteiger partial charge in [-0.15, -0.1) is 14.9 Å². The second-order valence-electron chi connectivity index (χ2n) is 8.80. The predicted molar refractivity (Wildman–Crippen MR) is 129 cm³/mol. The number of rotatable bonds is 9. The van der Waals surface area contributed by atoms with Gasteiger partial charge in [-0.05, 0) is 51.9 Å². The fourth-order valence-electron chi connectivity index (χ4n) is 3.79. The number of hydrogen-bond acceptors (Lipinski definition) is 6. The summed E-state index contributed by atoms with van der Waals surface area (Å²) in [4.78, 5) is 25.4. The van der Waals surface area contributed by atoms with Gasteiger partial charge in [0, 0.05) is 18.4 Å². The number of nitrogens with zero attached hydrogens (tertiary/aromatic N) is 6. The van der Waals surface area contributed by atoms with Crippen molar-refractivity contribution in [1.82, 2.24) is 35.0 Å². The molecule has 0 radical (unpaired) electrons. The molecule has 34 heavy (non-hydrogen) atoms. The van der Waals surface area contributed by atoms with Gasteiger partial charge < -0.3 is 0 Å². The van der Waals surface area contributed by atoms with Crippen molar-refractivity contribution < 1.29 is 4.79 Å². The molecule has 2 heterocycles. The van der Waals surface area contributed by atoms with Crippen LogP contribution in [0.5, 0.6) is 0 Å². The van der Waals surface area contributed by atoms with Crippen LogP contribution in [0.2, 0.25) is 0 Å². The maximum Gasteiger partial charge on any atom is 0.353 e. The van der Waals surface area contributed by atoms with E-state index in [1.807, 2.05) is 55.5 Å². The summed E-state index contributed by atoms with van der Waals surface area (Å²) in [5.41, 5.74) is 3.58. The first-order valence-corrected chi connectivity index (χ1v) is 11.6. The quantitative estimate of drug-likeness (QED) is 0.405. The third kappa shape index (κ3) is 5.19. The number of aryl methyl sites for hydroxylation is 1. The molecule has 2 aromatic heterocycles. The molecule has 0 amide bonds. The lowest BCUT2D eigenvalue weighted by Gasteiger charge is -2.09. The van der Waals surface area contributed by atoms with Gasteiger partial charge in [-0.2, -0.15) is 0 Å². The van der Waals surface area contributed by atoms with Crippen LogP contribution >= 0.6 is 0 Å². The highest BCUT2D eigenvalue weighted by atomic mass is 16.2. The standard InChI is InChI=1S/C25H29N7O2/c1-4-6-23(33)32-25(34)31(22(28-32)14-9-17(2)3)16-18-10-12-19(13-11-18)20-7-5-8-21(15-20)24-26-29-30-27-24/h5,7-8,10-13,15,17H,4,6,9,14,16H2,1-3H3,(H,26,27,29,30). The van der Waals surface area contributed by atoms with Crippen molar-refractivity contribution in [1.29, 1.82) is 0 Å². The lowest BCUT2D eigenvalue weighted by Crippen LogP contribution is -2.30. The molecule has 0 saturated heterocycles. The summed E-state index contributed by atoms with van der Waals surface area (Å²) in [7, 11) is 0. The number of aromatic nitrogens is 7. The molecular weight excluding hydrogens is 430 g/mol.